The van der Waals surface area contributed by atoms with Crippen molar-refractivity contribution in [3.63, 3.8) is 0 Å². The van der Waals surface area contributed by atoms with Crippen molar-refractivity contribution in [3.8, 4) is 0 Å². The molecule has 2 aromatic carbocycles. The topological polar surface area (TPSA) is 83.6 Å². The van der Waals surface area contributed by atoms with Crippen molar-refractivity contribution in [3.05, 3.63) is 71.1 Å². The molecular formula is C15H11F2N5O. The number of H-pyrrole nitrogens is 1. The number of aromatic amines is 1. The summed E-state index contributed by atoms with van der Waals surface area (Å²) in [6.07, 6.45) is 0.450. The third-order valence-corrected chi connectivity index (χ3v) is 3.12. The van der Waals surface area contributed by atoms with E-state index in [4.69, 9.17) is 0 Å². The summed E-state index contributed by atoms with van der Waals surface area (Å²) in [5, 5.41) is 16.2. The van der Waals surface area contributed by atoms with E-state index in [0.29, 0.717) is 17.9 Å². The molecule has 0 unspecified atom stereocenters. The number of benzene rings is 2. The van der Waals surface area contributed by atoms with Crippen LogP contribution in [0.5, 0.6) is 0 Å². The Morgan fingerprint density at radius 1 is 1.13 bits per heavy atom. The molecule has 3 aromatic rings. The highest BCUT2D eigenvalue weighted by molar-refractivity contribution is 6.04. The van der Waals surface area contributed by atoms with Gasteiger partial charge in [0.15, 0.2) is 17.5 Å². The minimum absolute atomic E-state index is 0.0347. The van der Waals surface area contributed by atoms with Crippen molar-refractivity contribution in [1.29, 1.82) is 0 Å². The Balaban J connectivity index is 1.74. The SMILES string of the molecule is O=C(Nc1cccc(Cc2nn[nH]n2)c1)c1ccc(F)c(F)c1. The van der Waals surface area contributed by atoms with E-state index in [-0.39, 0.29) is 5.56 Å². The Morgan fingerprint density at radius 3 is 2.74 bits per heavy atom. The normalized spacial score (nSPS) is 10.5. The average molecular weight is 315 g/mol. The molecule has 0 radical (unpaired) electrons. The van der Waals surface area contributed by atoms with E-state index in [1.165, 1.54) is 6.07 Å². The number of hydrogen-bond donors (Lipinski definition) is 2. The molecule has 0 aliphatic carbocycles. The molecule has 0 bridgehead atoms. The smallest absolute Gasteiger partial charge is 0.255 e. The molecular weight excluding hydrogens is 304 g/mol. The van der Waals surface area contributed by atoms with E-state index in [0.717, 1.165) is 17.7 Å². The number of aromatic nitrogens is 4. The van der Waals surface area contributed by atoms with Gasteiger partial charge in [0, 0.05) is 17.7 Å². The lowest BCUT2D eigenvalue weighted by atomic mass is 10.1. The molecule has 0 atom stereocenters. The molecule has 0 aliphatic heterocycles. The fourth-order valence-corrected chi connectivity index (χ4v) is 2.04. The zero-order chi connectivity index (χ0) is 16.2. The van der Waals surface area contributed by atoms with Crippen LogP contribution in [0.2, 0.25) is 0 Å². The van der Waals surface area contributed by atoms with E-state index in [2.05, 4.69) is 25.9 Å². The monoisotopic (exact) mass is 315 g/mol. The van der Waals surface area contributed by atoms with Gasteiger partial charge in [-0.15, -0.1) is 10.2 Å². The van der Waals surface area contributed by atoms with Crippen LogP contribution in [-0.4, -0.2) is 26.5 Å². The highest BCUT2D eigenvalue weighted by Gasteiger charge is 2.10. The molecule has 8 heteroatoms. The Morgan fingerprint density at radius 2 is 2.00 bits per heavy atom. The summed E-state index contributed by atoms with van der Waals surface area (Å²) in [7, 11) is 0. The van der Waals surface area contributed by atoms with Crippen molar-refractivity contribution in [2.75, 3.05) is 5.32 Å². The van der Waals surface area contributed by atoms with Gasteiger partial charge in [-0.3, -0.25) is 4.79 Å². The summed E-state index contributed by atoms with van der Waals surface area (Å²) in [6.45, 7) is 0. The number of halogens is 2. The van der Waals surface area contributed by atoms with Gasteiger partial charge >= 0.3 is 0 Å². The maximum absolute atomic E-state index is 13.2. The molecule has 0 spiro atoms. The van der Waals surface area contributed by atoms with Gasteiger partial charge in [0.25, 0.3) is 5.91 Å². The van der Waals surface area contributed by atoms with E-state index in [1.807, 2.05) is 6.07 Å². The largest absolute Gasteiger partial charge is 0.322 e. The first-order valence-corrected chi connectivity index (χ1v) is 6.69. The lowest BCUT2D eigenvalue weighted by molar-refractivity contribution is 0.102. The number of hydrogen-bond acceptors (Lipinski definition) is 4. The first kappa shape index (κ1) is 14.8. The van der Waals surface area contributed by atoms with Crippen LogP contribution in [0.15, 0.2) is 42.5 Å². The minimum atomic E-state index is -1.07. The fraction of sp³-hybridized carbons (Fsp3) is 0.0667. The highest BCUT2D eigenvalue weighted by Crippen LogP contribution is 2.15. The number of carbonyl (C=O) groups is 1. The second kappa shape index (κ2) is 6.30. The predicted octanol–water partition coefficient (Wildman–Crippen LogP) is 2.32. The molecule has 0 saturated heterocycles. The number of tetrazole rings is 1. The van der Waals surface area contributed by atoms with Gasteiger partial charge in [0.2, 0.25) is 0 Å². The van der Waals surface area contributed by atoms with Gasteiger partial charge in [-0.2, -0.15) is 5.21 Å². The van der Waals surface area contributed by atoms with E-state index in [1.54, 1.807) is 18.2 Å². The van der Waals surface area contributed by atoms with E-state index < -0.39 is 17.5 Å². The van der Waals surface area contributed by atoms with Crippen molar-refractivity contribution in [2.24, 2.45) is 0 Å². The molecule has 0 saturated carbocycles. The number of amides is 1. The molecule has 1 aromatic heterocycles. The van der Waals surface area contributed by atoms with Crippen molar-refractivity contribution in [2.45, 2.75) is 6.42 Å². The number of nitrogens with one attached hydrogen (secondary N) is 2. The molecule has 0 fully saturated rings. The van der Waals surface area contributed by atoms with Crippen LogP contribution in [0.3, 0.4) is 0 Å². The van der Waals surface area contributed by atoms with Gasteiger partial charge < -0.3 is 5.32 Å². The zero-order valence-electron chi connectivity index (χ0n) is 11.8. The Labute approximate surface area is 129 Å². The summed E-state index contributed by atoms with van der Waals surface area (Å²) in [4.78, 5) is 12.1. The second-order valence-corrected chi connectivity index (χ2v) is 4.79. The lowest BCUT2D eigenvalue weighted by Gasteiger charge is -2.07. The van der Waals surface area contributed by atoms with Crippen LogP contribution in [-0.2, 0) is 6.42 Å². The molecule has 1 amide bonds. The van der Waals surface area contributed by atoms with Crippen molar-refractivity contribution >= 4 is 11.6 Å². The molecule has 1 heterocycles. The minimum Gasteiger partial charge on any atom is -0.322 e. The number of anilines is 1. The van der Waals surface area contributed by atoms with Crippen LogP contribution >= 0.6 is 0 Å². The fourth-order valence-electron chi connectivity index (χ4n) is 2.04. The maximum Gasteiger partial charge on any atom is 0.255 e. The molecule has 3 rings (SSSR count). The number of rotatable bonds is 4. The molecule has 23 heavy (non-hydrogen) atoms. The summed E-state index contributed by atoms with van der Waals surface area (Å²) < 4.78 is 26.1. The number of nitrogens with zero attached hydrogens (tertiary/aromatic N) is 3. The maximum atomic E-state index is 13.2. The molecule has 0 aliphatic rings. The van der Waals surface area contributed by atoms with Gasteiger partial charge in [-0.1, -0.05) is 17.3 Å². The Hall–Kier alpha value is -3.16. The van der Waals surface area contributed by atoms with E-state index in [9.17, 15) is 13.6 Å². The van der Waals surface area contributed by atoms with Gasteiger partial charge in [-0.05, 0) is 35.9 Å². The van der Waals surface area contributed by atoms with Crippen LogP contribution in [0.25, 0.3) is 0 Å². The molecule has 116 valence electrons. The second-order valence-electron chi connectivity index (χ2n) is 4.79. The first-order chi connectivity index (χ1) is 11.1. The number of carbonyl (C=O) groups excluding carboxylic acids is 1. The predicted molar refractivity (Wildman–Crippen MR) is 77.7 cm³/mol. The van der Waals surface area contributed by atoms with Crippen molar-refractivity contribution < 1.29 is 13.6 Å². The summed E-state index contributed by atoms with van der Waals surface area (Å²) in [5.74, 6) is -2.07. The van der Waals surface area contributed by atoms with Crippen molar-refractivity contribution in [1.82, 2.24) is 20.6 Å². The lowest BCUT2D eigenvalue weighted by Crippen LogP contribution is -2.12. The Bertz CT molecular complexity index is 836. The third kappa shape index (κ3) is 3.54. The van der Waals surface area contributed by atoms with Crippen LogP contribution in [0.1, 0.15) is 21.7 Å². The van der Waals surface area contributed by atoms with Crippen LogP contribution in [0.4, 0.5) is 14.5 Å². The van der Waals surface area contributed by atoms with Gasteiger partial charge in [0.05, 0.1) is 0 Å². The summed E-state index contributed by atoms with van der Waals surface area (Å²) in [5.41, 5.74) is 1.43. The summed E-state index contributed by atoms with van der Waals surface area (Å²) >= 11 is 0. The Kier molecular flexibility index (Phi) is 4.05. The average Bonchev–Trinajstić information content (AvgIpc) is 3.03. The standard InChI is InChI=1S/C15H11F2N5O/c16-12-5-4-10(8-13(12)17)15(23)18-11-3-1-2-9(6-11)7-14-19-21-22-20-14/h1-6,8H,7H2,(H,18,23)(H,19,20,21,22). The van der Waals surface area contributed by atoms with Gasteiger partial charge in [-0.25, -0.2) is 8.78 Å². The first-order valence-electron chi connectivity index (χ1n) is 6.69. The van der Waals surface area contributed by atoms with Crippen LogP contribution in [0, 0.1) is 11.6 Å². The van der Waals surface area contributed by atoms with E-state index >= 15 is 0 Å². The third-order valence-electron chi connectivity index (χ3n) is 3.12. The molecule has 2 N–H and O–H groups in total. The zero-order valence-corrected chi connectivity index (χ0v) is 11.8. The van der Waals surface area contributed by atoms with Crippen LogP contribution < -0.4 is 5.32 Å². The molecule has 6 nitrogen and oxygen atoms in total. The van der Waals surface area contributed by atoms with Gasteiger partial charge in [0.1, 0.15) is 0 Å². The quantitative estimate of drug-likeness (QED) is 0.774. The summed E-state index contributed by atoms with van der Waals surface area (Å²) in [6, 6.07) is 10.0. The highest BCUT2D eigenvalue weighted by atomic mass is 19.2.